The number of ether oxygens (including phenoxy) is 1. The minimum Gasteiger partial charge on any atom is -0.384 e. The molecule has 2 aromatic rings. The van der Waals surface area contributed by atoms with Crippen molar-refractivity contribution < 1.29 is 9.53 Å². The molecule has 0 aliphatic carbocycles. The van der Waals surface area contributed by atoms with Gasteiger partial charge in [-0.3, -0.25) is 4.79 Å². The van der Waals surface area contributed by atoms with Gasteiger partial charge in [-0.1, -0.05) is 30.3 Å². The van der Waals surface area contributed by atoms with Crippen LogP contribution in [0, 0.1) is 6.92 Å². The van der Waals surface area contributed by atoms with Crippen LogP contribution in [0.3, 0.4) is 0 Å². The van der Waals surface area contributed by atoms with Crippen LogP contribution in [0.1, 0.15) is 54.2 Å². The second-order valence-electron chi connectivity index (χ2n) is 8.72. The molecule has 166 valence electrons. The van der Waals surface area contributed by atoms with Gasteiger partial charge in [-0.2, -0.15) is 0 Å². The molecule has 4 rings (SSSR count). The summed E-state index contributed by atoms with van der Waals surface area (Å²) in [5, 5.41) is 0. The third kappa shape index (κ3) is 5.24. The van der Waals surface area contributed by atoms with Gasteiger partial charge in [0.25, 0.3) is 0 Å². The molecule has 1 aromatic carbocycles. The van der Waals surface area contributed by atoms with Crippen LogP contribution in [0.15, 0.2) is 30.3 Å². The number of hydrogen-bond donors (Lipinski definition) is 0. The Kier molecular flexibility index (Phi) is 7.17. The zero-order chi connectivity index (χ0) is 21.6. The van der Waals surface area contributed by atoms with Crippen molar-refractivity contribution in [3.05, 3.63) is 53.0 Å². The summed E-state index contributed by atoms with van der Waals surface area (Å²) in [6, 6.07) is 10.7. The molecule has 0 saturated carbocycles. The summed E-state index contributed by atoms with van der Waals surface area (Å²) in [6.45, 7) is 6.15. The van der Waals surface area contributed by atoms with Gasteiger partial charge in [0.15, 0.2) is 0 Å². The molecule has 0 bridgehead atoms. The monoisotopic (exact) mass is 422 g/mol. The number of carbonyl (C=O) groups excluding carboxylic acids is 1. The number of fused-ring (bicyclic) bond motifs is 1. The number of aromatic nitrogens is 2. The average molecular weight is 423 g/mol. The van der Waals surface area contributed by atoms with Gasteiger partial charge in [0.1, 0.15) is 11.6 Å². The van der Waals surface area contributed by atoms with Crippen LogP contribution in [0.25, 0.3) is 0 Å². The largest absolute Gasteiger partial charge is 0.384 e. The number of methoxy groups -OCH3 is 1. The Balaban J connectivity index is 1.51. The Morgan fingerprint density at radius 3 is 2.81 bits per heavy atom. The van der Waals surface area contributed by atoms with Crippen LogP contribution in [-0.2, 0) is 22.4 Å². The van der Waals surface area contributed by atoms with E-state index in [-0.39, 0.29) is 11.8 Å². The maximum atomic E-state index is 12.5. The molecule has 0 N–H and O–H groups in total. The maximum absolute atomic E-state index is 12.5. The molecule has 1 aromatic heterocycles. The molecule has 31 heavy (non-hydrogen) atoms. The standard InChI is InChI=1S/C25H34N4O2/c1-19-22-11-7-14-28(16-12-20-8-4-3-5-9-20)25(22)27-24(26-19)21-10-6-15-29(18-21)23(30)13-17-31-2/h3-5,8-9,21H,6-7,10-18H2,1-2H3/t21-/m0/s1. The first kappa shape index (κ1) is 21.8. The minimum absolute atomic E-state index is 0.172. The van der Waals surface area contributed by atoms with Gasteiger partial charge in [-0.05, 0) is 44.6 Å². The highest BCUT2D eigenvalue weighted by Crippen LogP contribution is 2.32. The normalized spacial score (nSPS) is 18.7. The van der Waals surface area contributed by atoms with Gasteiger partial charge < -0.3 is 14.5 Å². The molecule has 6 nitrogen and oxygen atoms in total. The Morgan fingerprint density at radius 2 is 2.00 bits per heavy atom. The minimum atomic E-state index is 0.172. The predicted molar refractivity (Wildman–Crippen MR) is 122 cm³/mol. The molecular weight excluding hydrogens is 388 g/mol. The van der Waals surface area contributed by atoms with Crippen molar-refractivity contribution in [3.8, 4) is 0 Å². The highest BCUT2D eigenvalue weighted by molar-refractivity contribution is 5.76. The van der Waals surface area contributed by atoms with Gasteiger partial charge in [0.05, 0.1) is 13.0 Å². The summed E-state index contributed by atoms with van der Waals surface area (Å²) in [6.07, 6.45) is 5.70. The summed E-state index contributed by atoms with van der Waals surface area (Å²) in [7, 11) is 1.64. The molecule has 0 spiro atoms. The first-order valence-corrected chi connectivity index (χ1v) is 11.6. The van der Waals surface area contributed by atoms with Gasteiger partial charge >= 0.3 is 0 Å². The summed E-state index contributed by atoms with van der Waals surface area (Å²) in [5.41, 5.74) is 3.76. The molecule has 0 radical (unpaired) electrons. The quantitative estimate of drug-likeness (QED) is 0.683. The van der Waals surface area contributed by atoms with Crippen LogP contribution in [0.2, 0.25) is 0 Å². The number of carbonyl (C=O) groups is 1. The SMILES string of the molecule is COCCC(=O)N1CCC[C@H](c2nc(C)c3c(n2)N(CCc2ccccc2)CCC3)C1. The third-order valence-corrected chi connectivity index (χ3v) is 6.54. The predicted octanol–water partition coefficient (Wildman–Crippen LogP) is 3.52. The van der Waals surface area contributed by atoms with Crippen molar-refractivity contribution >= 4 is 11.7 Å². The smallest absolute Gasteiger partial charge is 0.224 e. The van der Waals surface area contributed by atoms with Gasteiger partial charge in [0, 0.05) is 50.5 Å². The summed E-state index contributed by atoms with van der Waals surface area (Å²) >= 11 is 0. The molecule has 1 atom stereocenters. The van der Waals surface area contributed by atoms with Crippen molar-refractivity contribution in [2.75, 3.05) is 44.8 Å². The Morgan fingerprint density at radius 1 is 1.16 bits per heavy atom. The van der Waals surface area contributed by atoms with E-state index in [1.54, 1.807) is 7.11 Å². The molecule has 0 unspecified atom stereocenters. The second kappa shape index (κ2) is 10.2. The van der Waals surface area contributed by atoms with E-state index < -0.39 is 0 Å². The first-order valence-electron chi connectivity index (χ1n) is 11.6. The van der Waals surface area contributed by atoms with Crippen molar-refractivity contribution in [2.24, 2.45) is 0 Å². The Hall–Kier alpha value is -2.47. The lowest BCUT2D eigenvalue weighted by molar-refractivity contribution is -0.133. The molecule has 1 amide bonds. The van der Waals surface area contributed by atoms with Crippen molar-refractivity contribution in [2.45, 2.75) is 51.4 Å². The number of piperidine rings is 1. The van der Waals surface area contributed by atoms with Gasteiger partial charge in [-0.15, -0.1) is 0 Å². The summed E-state index contributed by atoms with van der Waals surface area (Å²) in [4.78, 5) is 26.9. The summed E-state index contributed by atoms with van der Waals surface area (Å²) in [5.74, 6) is 2.41. The number of rotatable bonds is 7. The van der Waals surface area contributed by atoms with E-state index in [0.717, 1.165) is 69.1 Å². The fourth-order valence-electron chi connectivity index (χ4n) is 4.78. The molecular formula is C25H34N4O2. The fourth-order valence-corrected chi connectivity index (χ4v) is 4.78. The molecule has 6 heteroatoms. The number of hydrogen-bond acceptors (Lipinski definition) is 5. The first-order chi connectivity index (χ1) is 15.2. The molecule has 1 saturated heterocycles. The van der Waals surface area contributed by atoms with E-state index in [2.05, 4.69) is 42.2 Å². The van der Waals surface area contributed by atoms with Crippen LogP contribution < -0.4 is 4.90 Å². The van der Waals surface area contributed by atoms with E-state index in [9.17, 15) is 4.79 Å². The third-order valence-electron chi connectivity index (χ3n) is 6.54. The number of anilines is 1. The number of likely N-dealkylation sites (tertiary alicyclic amines) is 1. The zero-order valence-corrected chi connectivity index (χ0v) is 18.8. The van der Waals surface area contributed by atoms with Crippen molar-refractivity contribution in [3.63, 3.8) is 0 Å². The van der Waals surface area contributed by atoms with Crippen LogP contribution >= 0.6 is 0 Å². The zero-order valence-electron chi connectivity index (χ0n) is 18.8. The maximum Gasteiger partial charge on any atom is 0.224 e. The van der Waals surface area contributed by atoms with Crippen LogP contribution in [0.5, 0.6) is 0 Å². The van der Waals surface area contributed by atoms with E-state index in [1.807, 2.05) is 4.90 Å². The Labute approximate surface area is 185 Å². The summed E-state index contributed by atoms with van der Waals surface area (Å²) < 4.78 is 5.08. The molecule has 2 aliphatic heterocycles. The highest BCUT2D eigenvalue weighted by atomic mass is 16.5. The number of benzene rings is 1. The van der Waals surface area contributed by atoms with E-state index in [0.29, 0.717) is 19.6 Å². The lowest BCUT2D eigenvalue weighted by Gasteiger charge is -2.34. The van der Waals surface area contributed by atoms with Crippen molar-refractivity contribution in [1.82, 2.24) is 14.9 Å². The van der Waals surface area contributed by atoms with Crippen LogP contribution in [-0.4, -0.2) is 60.7 Å². The van der Waals surface area contributed by atoms with E-state index in [4.69, 9.17) is 14.7 Å². The van der Waals surface area contributed by atoms with Crippen LogP contribution in [0.4, 0.5) is 5.82 Å². The lowest BCUT2D eigenvalue weighted by atomic mass is 9.95. The van der Waals surface area contributed by atoms with Gasteiger partial charge in [0.2, 0.25) is 5.91 Å². The van der Waals surface area contributed by atoms with Gasteiger partial charge in [-0.25, -0.2) is 9.97 Å². The Bertz CT molecular complexity index is 887. The number of aryl methyl sites for hydroxylation is 1. The highest BCUT2D eigenvalue weighted by Gasteiger charge is 2.29. The average Bonchev–Trinajstić information content (AvgIpc) is 2.82. The fraction of sp³-hybridized carbons (Fsp3) is 0.560. The second-order valence-corrected chi connectivity index (χ2v) is 8.72. The number of amides is 1. The number of nitrogens with zero attached hydrogens (tertiary/aromatic N) is 4. The molecule has 1 fully saturated rings. The molecule has 3 heterocycles. The molecule has 2 aliphatic rings. The lowest BCUT2D eigenvalue weighted by Crippen LogP contribution is -2.40. The van der Waals surface area contributed by atoms with Crippen molar-refractivity contribution in [1.29, 1.82) is 0 Å². The van der Waals surface area contributed by atoms with E-state index >= 15 is 0 Å². The van der Waals surface area contributed by atoms with E-state index in [1.165, 1.54) is 11.1 Å². The topological polar surface area (TPSA) is 58.6 Å².